The molecule has 2 heterocycles. The van der Waals surface area contributed by atoms with Gasteiger partial charge < -0.3 is 9.67 Å². The zero-order valence-corrected chi connectivity index (χ0v) is 17.1. The van der Waals surface area contributed by atoms with Gasteiger partial charge in [0.2, 0.25) is 0 Å². The molecular weight excluding hydrogens is 374 g/mol. The molecule has 152 valence electrons. The van der Waals surface area contributed by atoms with Crippen LogP contribution in [0.15, 0.2) is 61.1 Å². The number of nitriles is 1. The van der Waals surface area contributed by atoms with Crippen molar-refractivity contribution in [2.45, 2.75) is 50.5 Å². The van der Waals surface area contributed by atoms with Crippen molar-refractivity contribution >= 4 is 5.78 Å². The first-order chi connectivity index (χ1) is 14.5. The van der Waals surface area contributed by atoms with E-state index < -0.39 is 5.41 Å². The molecule has 0 atom stereocenters. The fourth-order valence-electron chi connectivity index (χ4n) is 4.13. The molecule has 3 aromatic rings. The molecule has 0 unspecified atom stereocenters. The van der Waals surface area contributed by atoms with E-state index in [0.29, 0.717) is 31.2 Å². The third kappa shape index (κ3) is 4.05. The number of hydrogen-bond acceptors (Lipinski definition) is 4. The van der Waals surface area contributed by atoms with Crippen LogP contribution in [0, 0.1) is 18.3 Å². The number of aryl methyl sites for hydroxylation is 1. The standard InChI is InChI=1S/C25H25N3O2/c1-18-3-2-4-21(13-18)28-12-9-20(16-28)23(30)14-19-5-6-24(27-15-19)25(17-26)10-7-22(29)8-11-25/h2-6,9,12-13,15-16,22,29H,7-8,10-11,14H2,1H3. The summed E-state index contributed by atoms with van der Waals surface area (Å²) in [4.78, 5) is 17.3. The SMILES string of the molecule is Cc1cccc(-n2ccc(C(=O)Cc3ccc(C4(C#N)CCC(O)CC4)nc3)c2)c1. The second-order valence-electron chi connectivity index (χ2n) is 8.22. The molecule has 0 bridgehead atoms. The van der Waals surface area contributed by atoms with Gasteiger partial charge in [-0.1, -0.05) is 18.2 Å². The summed E-state index contributed by atoms with van der Waals surface area (Å²) in [6.07, 6.45) is 7.87. The molecule has 5 nitrogen and oxygen atoms in total. The van der Waals surface area contributed by atoms with Crippen molar-refractivity contribution in [1.29, 1.82) is 5.26 Å². The zero-order valence-electron chi connectivity index (χ0n) is 17.1. The van der Waals surface area contributed by atoms with Crippen LogP contribution in [-0.2, 0) is 11.8 Å². The molecule has 0 radical (unpaired) electrons. The lowest BCUT2D eigenvalue weighted by Crippen LogP contribution is -2.33. The Morgan fingerprint density at radius 3 is 2.73 bits per heavy atom. The average Bonchev–Trinajstić information content (AvgIpc) is 3.26. The maximum atomic E-state index is 12.7. The summed E-state index contributed by atoms with van der Waals surface area (Å²) in [5.41, 5.74) is 3.79. The van der Waals surface area contributed by atoms with Gasteiger partial charge in [-0.25, -0.2) is 0 Å². The van der Waals surface area contributed by atoms with E-state index in [-0.39, 0.29) is 18.3 Å². The first-order valence-electron chi connectivity index (χ1n) is 10.3. The normalized spacial score (nSPS) is 21.2. The van der Waals surface area contributed by atoms with Crippen LogP contribution in [0.1, 0.15) is 52.9 Å². The number of nitrogens with zero attached hydrogens (tertiary/aromatic N) is 3. The number of carbonyl (C=O) groups is 1. The van der Waals surface area contributed by atoms with Crippen molar-refractivity contribution in [1.82, 2.24) is 9.55 Å². The summed E-state index contributed by atoms with van der Waals surface area (Å²) in [6, 6.07) is 16.1. The molecule has 0 aliphatic heterocycles. The Balaban J connectivity index is 1.46. The number of carbonyl (C=O) groups excluding carboxylic acids is 1. The fourth-order valence-corrected chi connectivity index (χ4v) is 4.13. The number of pyridine rings is 1. The number of aliphatic hydroxyl groups is 1. The van der Waals surface area contributed by atoms with E-state index in [9.17, 15) is 15.2 Å². The number of ketones is 1. The van der Waals surface area contributed by atoms with Crippen LogP contribution in [0.2, 0.25) is 0 Å². The Bertz CT molecular complexity index is 1080. The fraction of sp³-hybridized carbons (Fsp3) is 0.320. The summed E-state index contributed by atoms with van der Waals surface area (Å²) in [6.45, 7) is 2.04. The molecule has 2 aromatic heterocycles. The third-order valence-corrected chi connectivity index (χ3v) is 6.02. The third-order valence-electron chi connectivity index (χ3n) is 6.02. The molecule has 0 saturated heterocycles. The first-order valence-corrected chi connectivity index (χ1v) is 10.3. The minimum Gasteiger partial charge on any atom is -0.393 e. The van der Waals surface area contributed by atoms with Crippen molar-refractivity contribution in [3.05, 3.63) is 83.4 Å². The van der Waals surface area contributed by atoms with E-state index in [0.717, 1.165) is 16.9 Å². The molecule has 5 heteroatoms. The van der Waals surface area contributed by atoms with Gasteiger partial charge in [-0.3, -0.25) is 9.78 Å². The molecule has 0 spiro atoms. The van der Waals surface area contributed by atoms with Crippen molar-refractivity contribution in [2.75, 3.05) is 0 Å². The van der Waals surface area contributed by atoms with E-state index >= 15 is 0 Å². The molecule has 1 aromatic carbocycles. The molecule has 30 heavy (non-hydrogen) atoms. The lowest BCUT2D eigenvalue weighted by molar-refractivity contribution is 0.0992. The van der Waals surface area contributed by atoms with Crippen LogP contribution in [0.4, 0.5) is 0 Å². The van der Waals surface area contributed by atoms with Gasteiger partial charge >= 0.3 is 0 Å². The molecule has 1 saturated carbocycles. The van der Waals surface area contributed by atoms with Crippen molar-refractivity contribution in [2.24, 2.45) is 0 Å². The second-order valence-corrected chi connectivity index (χ2v) is 8.22. The zero-order chi connectivity index (χ0) is 21.1. The Labute approximate surface area is 176 Å². The second kappa shape index (κ2) is 8.25. The van der Waals surface area contributed by atoms with Gasteiger partial charge in [-0.15, -0.1) is 0 Å². The summed E-state index contributed by atoms with van der Waals surface area (Å²) in [5, 5.41) is 19.5. The van der Waals surface area contributed by atoms with Gasteiger partial charge in [0.05, 0.1) is 23.3 Å². The van der Waals surface area contributed by atoms with Crippen LogP contribution in [0.3, 0.4) is 0 Å². The topological polar surface area (TPSA) is 78.9 Å². The number of benzene rings is 1. The number of aliphatic hydroxyl groups excluding tert-OH is 1. The quantitative estimate of drug-likeness (QED) is 0.649. The summed E-state index contributed by atoms with van der Waals surface area (Å²) in [7, 11) is 0. The van der Waals surface area contributed by atoms with E-state index in [1.54, 1.807) is 6.20 Å². The minimum absolute atomic E-state index is 0.0340. The van der Waals surface area contributed by atoms with Crippen molar-refractivity contribution in [3.63, 3.8) is 0 Å². The number of hydrogen-bond donors (Lipinski definition) is 1. The van der Waals surface area contributed by atoms with E-state index in [4.69, 9.17) is 0 Å². The molecule has 0 amide bonds. The van der Waals surface area contributed by atoms with Crippen molar-refractivity contribution < 1.29 is 9.90 Å². The highest BCUT2D eigenvalue weighted by Crippen LogP contribution is 2.38. The van der Waals surface area contributed by atoms with Crippen LogP contribution in [0.5, 0.6) is 0 Å². The van der Waals surface area contributed by atoms with Crippen LogP contribution >= 0.6 is 0 Å². The van der Waals surface area contributed by atoms with E-state index in [1.807, 2.05) is 60.3 Å². The molecule has 1 N–H and O–H groups in total. The van der Waals surface area contributed by atoms with Crippen LogP contribution in [0.25, 0.3) is 5.69 Å². The highest BCUT2D eigenvalue weighted by molar-refractivity contribution is 5.97. The monoisotopic (exact) mass is 399 g/mol. The molecule has 1 fully saturated rings. The predicted molar refractivity (Wildman–Crippen MR) is 115 cm³/mol. The molecule has 1 aliphatic rings. The Hall–Kier alpha value is -3.23. The van der Waals surface area contributed by atoms with Crippen molar-refractivity contribution in [3.8, 4) is 11.8 Å². The van der Waals surface area contributed by atoms with Gasteiger partial charge in [0.1, 0.15) is 0 Å². The highest BCUT2D eigenvalue weighted by Gasteiger charge is 2.37. The lowest BCUT2D eigenvalue weighted by Gasteiger charge is -2.32. The van der Waals surface area contributed by atoms with Crippen LogP contribution in [-0.4, -0.2) is 26.5 Å². The Morgan fingerprint density at radius 2 is 2.07 bits per heavy atom. The predicted octanol–water partition coefficient (Wildman–Crippen LogP) is 4.30. The number of Topliss-reactive ketones (excluding diaryl/α,β-unsaturated/α-hetero) is 1. The van der Waals surface area contributed by atoms with E-state index in [1.165, 1.54) is 5.56 Å². The van der Waals surface area contributed by atoms with Gasteiger partial charge in [-0.2, -0.15) is 5.26 Å². The summed E-state index contributed by atoms with van der Waals surface area (Å²) >= 11 is 0. The Morgan fingerprint density at radius 1 is 1.27 bits per heavy atom. The molecular formula is C25H25N3O2. The number of rotatable bonds is 5. The smallest absolute Gasteiger partial charge is 0.168 e. The largest absolute Gasteiger partial charge is 0.393 e. The number of aromatic nitrogens is 2. The highest BCUT2D eigenvalue weighted by atomic mass is 16.3. The molecule has 1 aliphatic carbocycles. The maximum absolute atomic E-state index is 12.7. The molecule has 4 rings (SSSR count). The van der Waals surface area contributed by atoms with Gasteiger partial charge in [0.25, 0.3) is 0 Å². The van der Waals surface area contributed by atoms with E-state index in [2.05, 4.69) is 17.1 Å². The lowest BCUT2D eigenvalue weighted by atomic mass is 9.72. The first kappa shape index (κ1) is 20.1. The maximum Gasteiger partial charge on any atom is 0.168 e. The van der Waals surface area contributed by atoms with Gasteiger partial charge in [-0.05, 0) is 68.0 Å². The average molecular weight is 399 g/mol. The van der Waals surface area contributed by atoms with Gasteiger partial charge in [0, 0.05) is 36.3 Å². The summed E-state index contributed by atoms with van der Waals surface area (Å²) < 4.78 is 1.95. The minimum atomic E-state index is -0.632. The Kier molecular flexibility index (Phi) is 5.52. The van der Waals surface area contributed by atoms with Gasteiger partial charge in [0.15, 0.2) is 5.78 Å². The summed E-state index contributed by atoms with van der Waals surface area (Å²) in [5.74, 6) is 0.0340. The van der Waals surface area contributed by atoms with Crippen LogP contribution < -0.4 is 0 Å².